The van der Waals surface area contributed by atoms with Crippen molar-refractivity contribution in [2.24, 2.45) is 0 Å². The number of aromatic hydroxyl groups is 1. The summed E-state index contributed by atoms with van der Waals surface area (Å²) in [6.07, 6.45) is 3.41. The summed E-state index contributed by atoms with van der Waals surface area (Å²) in [6, 6.07) is 11.6. The summed E-state index contributed by atoms with van der Waals surface area (Å²) in [5, 5.41) is 15.2. The average Bonchev–Trinajstić information content (AvgIpc) is 3.46. The minimum Gasteiger partial charge on any atom is -0.505 e. The van der Waals surface area contributed by atoms with Crippen LogP contribution in [0, 0.1) is 5.82 Å². The largest absolute Gasteiger partial charge is 0.505 e. The average molecular weight is 545 g/mol. The molecule has 0 aliphatic heterocycles. The predicted molar refractivity (Wildman–Crippen MR) is 136 cm³/mol. The van der Waals surface area contributed by atoms with Gasteiger partial charge in [-0.3, -0.25) is 4.40 Å². The molecule has 5 aromatic rings. The molecule has 0 aliphatic carbocycles. The number of nitrogens with one attached hydrogen (secondary N) is 2. The lowest BCUT2D eigenvalue weighted by Crippen LogP contribution is -2.29. The minimum absolute atomic E-state index is 0.0973. The van der Waals surface area contributed by atoms with Gasteiger partial charge in [-0.15, -0.1) is 11.3 Å². The molecule has 0 amide bonds. The summed E-state index contributed by atoms with van der Waals surface area (Å²) in [4.78, 5) is 14.2. The smallest absolute Gasteiger partial charge is 0.240 e. The number of halogens is 2. The SMILES string of the molecule is O=S(=O)(NCCNc1nccc(-c2c(-c3ccc(F)c(O)c3)nc3sccn23)n1)c1ccc(Cl)cc1. The standard InChI is InChI=1S/C23H18ClFN6O3S2/c24-15-2-4-16(5-3-15)36(33,34)28-10-9-27-22-26-8-7-18(29-22)21-20(30-23-31(21)11-12-35-23)14-1-6-17(25)19(32)13-14/h1-8,11-13,28,32H,9-10H2,(H,26,27,29). The highest BCUT2D eigenvalue weighted by Gasteiger charge is 2.19. The van der Waals surface area contributed by atoms with Crippen molar-refractivity contribution in [3.8, 4) is 28.4 Å². The number of imidazole rings is 1. The van der Waals surface area contributed by atoms with Gasteiger partial charge in [0.15, 0.2) is 16.5 Å². The van der Waals surface area contributed by atoms with Gasteiger partial charge in [0.25, 0.3) is 0 Å². The molecule has 184 valence electrons. The third-order valence-corrected chi connectivity index (χ3v) is 7.69. The lowest BCUT2D eigenvalue weighted by molar-refractivity contribution is 0.432. The number of phenolic OH excluding ortho intramolecular Hbond substituents is 1. The van der Waals surface area contributed by atoms with E-state index >= 15 is 0 Å². The van der Waals surface area contributed by atoms with E-state index in [0.29, 0.717) is 32.6 Å². The summed E-state index contributed by atoms with van der Waals surface area (Å²) in [5.41, 5.74) is 2.24. The maximum Gasteiger partial charge on any atom is 0.240 e. The molecule has 5 rings (SSSR count). The molecule has 0 atom stereocenters. The van der Waals surface area contributed by atoms with Gasteiger partial charge in [0, 0.05) is 41.4 Å². The molecule has 3 aromatic heterocycles. The van der Waals surface area contributed by atoms with Crippen LogP contribution in [0.5, 0.6) is 5.75 Å². The molecule has 0 saturated carbocycles. The highest BCUT2D eigenvalue weighted by atomic mass is 35.5. The third-order valence-electron chi connectivity index (χ3n) is 5.20. The van der Waals surface area contributed by atoms with Gasteiger partial charge < -0.3 is 10.4 Å². The Morgan fingerprint density at radius 2 is 1.89 bits per heavy atom. The molecule has 13 heteroatoms. The Bertz CT molecular complexity index is 1650. The van der Waals surface area contributed by atoms with Crippen molar-refractivity contribution in [3.05, 3.63) is 77.1 Å². The molecule has 3 heterocycles. The van der Waals surface area contributed by atoms with Crippen molar-refractivity contribution < 1.29 is 17.9 Å². The molecule has 9 nitrogen and oxygen atoms in total. The topological polar surface area (TPSA) is 122 Å². The van der Waals surface area contributed by atoms with Crippen LogP contribution in [-0.4, -0.2) is 46.0 Å². The molecular weight excluding hydrogens is 527 g/mol. The first-order chi connectivity index (χ1) is 17.3. The van der Waals surface area contributed by atoms with Crippen LogP contribution in [0.25, 0.3) is 27.6 Å². The molecule has 2 aromatic carbocycles. The quantitative estimate of drug-likeness (QED) is 0.247. The van der Waals surface area contributed by atoms with E-state index in [1.54, 1.807) is 12.3 Å². The van der Waals surface area contributed by atoms with Crippen LogP contribution in [0.2, 0.25) is 5.02 Å². The zero-order valence-electron chi connectivity index (χ0n) is 18.4. The van der Waals surface area contributed by atoms with Crippen LogP contribution in [0.3, 0.4) is 0 Å². The van der Waals surface area contributed by atoms with Crippen LogP contribution in [-0.2, 0) is 10.0 Å². The first kappa shape index (κ1) is 24.1. The second kappa shape index (κ2) is 9.82. The maximum atomic E-state index is 13.6. The van der Waals surface area contributed by atoms with Crippen molar-refractivity contribution >= 4 is 43.9 Å². The first-order valence-corrected chi connectivity index (χ1v) is 13.3. The van der Waals surface area contributed by atoms with E-state index in [0.717, 1.165) is 0 Å². The monoisotopic (exact) mass is 544 g/mol. The lowest BCUT2D eigenvalue weighted by atomic mass is 10.1. The van der Waals surface area contributed by atoms with E-state index in [1.807, 2.05) is 16.0 Å². The normalized spacial score (nSPS) is 11.7. The summed E-state index contributed by atoms with van der Waals surface area (Å²) in [6.45, 7) is 0.329. The maximum absolute atomic E-state index is 13.6. The summed E-state index contributed by atoms with van der Waals surface area (Å²) in [5.74, 6) is -0.904. The number of aromatic nitrogens is 4. The number of rotatable bonds is 8. The number of anilines is 1. The highest BCUT2D eigenvalue weighted by molar-refractivity contribution is 7.89. The van der Waals surface area contributed by atoms with Gasteiger partial charge in [0.1, 0.15) is 5.69 Å². The van der Waals surface area contributed by atoms with Crippen molar-refractivity contribution in [1.29, 1.82) is 0 Å². The van der Waals surface area contributed by atoms with Gasteiger partial charge in [-0.1, -0.05) is 11.6 Å². The Labute approximate surface area is 214 Å². The van der Waals surface area contributed by atoms with E-state index < -0.39 is 21.6 Å². The summed E-state index contributed by atoms with van der Waals surface area (Å²) in [7, 11) is -3.68. The second-order valence-electron chi connectivity index (χ2n) is 7.57. The molecule has 0 bridgehead atoms. The van der Waals surface area contributed by atoms with Crippen molar-refractivity contribution in [1.82, 2.24) is 24.1 Å². The van der Waals surface area contributed by atoms with Crippen molar-refractivity contribution in [2.45, 2.75) is 4.90 Å². The molecular formula is C23H18ClFN6O3S2. The van der Waals surface area contributed by atoms with E-state index in [9.17, 15) is 17.9 Å². The minimum atomic E-state index is -3.68. The van der Waals surface area contributed by atoms with Gasteiger partial charge >= 0.3 is 0 Å². The first-order valence-electron chi connectivity index (χ1n) is 10.6. The highest BCUT2D eigenvalue weighted by Crippen LogP contribution is 2.35. The molecule has 0 fully saturated rings. The predicted octanol–water partition coefficient (Wildman–Crippen LogP) is 4.41. The Hall–Kier alpha value is -3.58. The summed E-state index contributed by atoms with van der Waals surface area (Å²) >= 11 is 7.24. The molecule has 0 saturated heterocycles. The van der Waals surface area contributed by atoms with Gasteiger partial charge in [-0.25, -0.2) is 32.5 Å². The fraction of sp³-hybridized carbons (Fsp3) is 0.0870. The van der Waals surface area contributed by atoms with Crippen LogP contribution in [0.1, 0.15) is 0 Å². The van der Waals surface area contributed by atoms with Gasteiger partial charge in [0.2, 0.25) is 16.0 Å². The fourth-order valence-corrected chi connectivity index (χ4v) is 5.40. The molecule has 0 radical (unpaired) electrons. The van der Waals surface area contributed by atoms with E-state index in [2.05, 4.69) is 25.0 Å². The van der Waals surface area contributed by atoms with Gasteiger partial charge in [-0.05, 0) is 48.5 Å². The Morgan fingerprint density at radius 1 is 1.08 bits per heavy atom. The van der Waals surface area contributed by atoms with Crippen LogP contribution in [0.15, 0.2) is 71.2 Å². The van der Waals surface area contributed by atoms with Crippen LogP contribution < -0.4 is 10.0 Å². The third kappa shape index (κ3) is 4.88. The number of nitrogens with zero attached hydrogens (tertiary/aromatic N) is 4. The molecule has 36 heavy (non-hydrogen) atoms. The van der Waals surface area contributed by atoms with Crippen molar-refractivity contribution in [2.75, 3.05) is 18.4 Å². The number of hydrogen-bond donors (Lipinski definition) is 3. The molecule has 0 spiro atoms. The van der Waals surface area contributed by atoms with Gasteiger partial charge in [0.05, 0.1) is 16.3 Å². The van der Waals surface area contributed by atoms with Gasteiger partial charge in [-0.2, -0.15) is 0 Å². The van der Waals surface area contributed by atoms with Crippen LogP contribution >= 0.6 is 22.9 Å². The number of benzene rings is 2. The number of phenols is 1. The molecule has 0 unspecified atom stereocenters. The molecule has 0 aliphatic rings. The van der Waals surface area contributed by atoms with E-state index in [-0.39, 0.29) is 23.9 Å². The Balaban J connectivity index is 1.35. The summed E-state index contributed by atoms with van der Waals surface area (Å²) < 4.78 is 42.8. The van der Waals surface area contributed by atoms with Crippen LogP contribution in [0.4, 0.5) is 10.3 Å². The number of fused-ring (bicyclic) bond motifs is 1. The zero-order valence-corrected chi connectivity index (χ0v) is 20.8. The van der Waals surface area contributed by atoms with E-state index in [4.69, 9.17) is 11.6 Å². The van der Waals surface area contributed by atoms with Crippen molar-refractivity contribution in [3.63, 3.8) is 0 Å². The number of sulfonamides is 1. The number of thiazole rings is 1. The second-order valence-corrected chi connectivity index (χ2v) is 10.7. The zero-order chi connectivity index (χ0) is 25.3. The fourth-order valence-electron chi connectivity index (χ4n) is 3.52. The number of hydrogen-bond acceptors (Lipinski definition) is 8. The van der Waals surface area contributed by atoms with E-state index in [1.165, 1.54) is 53.8 Å². The molecule has 3 N–H and O–H groups in total. The Kier molecular flexibility index (Phi) is 6.58. The lowest BCUT2D eigenvalue weighted by Gasteiger charge is -2.09. The Morgan fingerprint density at radius 3 is 2.67 bits per heavy atom.